The van der Waals surface area contributed by atoms with E-state index in [9.17, 15) is 8.42 Å². The third-order valence-electron chi connectivity index (χ3n) is 2.75. The summed E-state index contributed by atoms with van der Waals surface area (Å²) in [5.41, 5.74) is 6.32. The van der Waals surface area contributed by atoms with Gasteiger partial charge in [-0.15, -0.1) is 22.7 Å². The lowest BCUT2D eigenvalue weighted by molar-refractivity contribution is 0.568. The monoisotopic (exact) mass is 331 g/mol. The predicted molar refractivity (Wildman–Crippen MR) is 82.4 cm³/mol. The molecule has 0 amide bonds. The number of aromatic nitrogens is 1. The number of hydrogen-bond acceptors (Lipinski definition) is 6. The molecule has 1 atom stereocenters. The fraction of sp³-hybridized carbons (Fsp3) is 0.417. The second kappa shape index (κ2) is 6.31. The summed E-state index contributed by atoms with van der Waals surface area (Å²) < 4.78 is 27.5. The normalized spacial score (nSPS) is 13.6. The summed E-state index contributed by atoms with van der Waals surface area (Å²) >= 11 is 2.71. The van der Waals surface area contributed by atoms with E-state index in [-0.39, 0.29) is 10.3 Å². The molecule has 110 valence electrons. The molecule has 0 aliphatic carbocycles. The van der Waals surface area contributed by atoms with Crippen LogP contribution in [0, 0.1) is 0 Å². The van der Waals surface area contributed by atoms with Crippen molar-refractivity contribution in [2.75, 3.05) is 0 Å². The van der Waals surface area contributed by atoms with Crippen LogP contribution < -0.4 is 10.5 Å². The molecule has 0 radical (unpaired) electrons. The number of nitrogens with zero attached hydrogens (tertiary/aromatic N) is 1. The first-order valence-electron chi connectivity index (χ1n) is 6.20. The molecule has 0 aliphatic rings. The van der Waals surface area contributed by atoms with Crippen LogP contribution in [-0.4, -0.2) is 13.4 Å². The molecular formula is C12H17N3O2S3. The van der Waals surface area contributed by atoms with Crippen molar-refractivity contribution >= 4 is 32.7 Å². The van der Waals surface area contributed by atoms with Gasteiger partial charge in [-0.2, -0.15) is 0 Å². The van der Waals surface area contributed by atoms with Gasteiger partial charge in [0.05, 0.1) is 6.04 Å². The molecule has 0 saturated carbocycles. The lowest BCUT2D eigenvalue weighted by atomic mass is 10.4. The van der Waals surface area contributed by atoms with Crippen LogP contribution in [0.4, 0.5) is 0 Å². The fourth-order valence-corrected chi connectivity index (χ4v) is 5.01. The molecule has 2 rings (SSSR count). The van der Waals surface area contributed by atoms with E-state index in [1.165, 1.54) is 22.7 Å². The summed E-state index contributed by atoms with van der Waals surface area (Å²) in [6, 6.07) is 1.27. The SMILES string of the molecule is CCc1cnc(C(C)NS(=O)(=O)c2cc(CN)cs2)s1. The average molecular weight is 331 g/mol. The van der Waals surface area contributed by atoms with E-state index in [2.05, 4.69) is 9.71 Å². The molecule has 0 aliphatic heterocycles. The minimum Gasteiger partial charge on any atom is -0.326 e. The summed E-state index contributed by atoms with van der Waals surface area (Å²) in [6.07, 6.45) is 2.70. The zero-order valence-electron chi connectivity index (χ0n) is 11.3. The van der Waals surface area contributed by atoms with Gasteiger partial charge in [-0.1, -0.05) is 6.92 Å². The maximum absolute atomic E-state index is 12.3. The smallest absolute Gasteiger partial charge is 0.250 e. The van der Waals surface area contributed by atoms with E-state index in [1.807, 2.05) is 6.92 Å². The van der Waals surface area contributed by atoms with Crippen LogP contribution in [-0.2, 0) is 23.0 Å². The Kier molecular flexibility index (Phi) is 4.92. The summed E-state index contributed by atoms with van der Waals surface area (Å²) in [4.78, 5) is 5.41. The molecule has 1 unspecified atom stereocenters. The zero-order valence-corrected chi connectivity index (χ0v) is 13.7. The Morgan fingerprint density at radius 3 is 2.80 bits per heavy atom. The summed E-state index contributed by atoms with van der Waals surface area (Å²) in [5, 5.41) is 2.54. The van der Waals surface area contributed by atoms with Crippen LogP contribution in [0.5, 0.6) is 0 Å². The van der Waals surface area contributed by atoms with Crippen molar-refractivity contribution in [3.63, 3.8) is 0 Å². The molecule has 0 spiro atoms. The second-order valence-corrected chi connectivity index (χ2v) is 8.34. The predicted octanol–water partition coefficient (Wildman–Crippen LogP) is 2.27. The largest absolute Gasteiger partial charge is 0.326 e. The third kappa shape index (κ3) is 3.44. The molecule has 2 heterocycles. The van der Waals surface area contributed by atoms with Crippen molar-refractivity contribution in [2.45, 2.75) is 37.1 Å². The molecule has 5 nitrogen and oxygen atoms in total. The van der Waals surface area contributed by atoms with E-state index in [1.54, 1.807) is 24.6 Å². The van der Waals surface area contributed by atoms with Crippen LogP contribution in [0.3, 0.4) is 0 Å². The number of aryl methyl sites for hydroxylation is 1. The van der Waals surface area contributed by atoms with E-state index >= 15 is 0 Å². The Balaban J connectivity index is 2.15. The quantitative estimate of drug-likeness (QED) is 0.850. The van der Waals surface area contributed by atoms with Crippen molar-refractivity contribution in [1.82, 2.24) is 9.71 Å². The summed E-state index contributed by atoms with van der Waals surface area (Å²) in [6.45, 7) is 4.19. The Hall–Kier alpha value is -0.800. The highest BCUT2D eigenvalue weighted by atomic mass is 32.2. The van der Waals surface area contributed by atoms with E-state index < -0.39 is 10.0 Å². The van der Waals surface area contributed by atoms with Gasteiger partial charge in [0, 0.05) is 17.6 Å². The standard InChI is InChI=1S/C12H17N3O2S3/c1-3-10-6-14-12(19-10)8(2)15-20(16,17)11-4-9(5-13)7-18-11/h4,6-8,15H,3,5,13H2,1-2H3. The molecule has 3 N–H and O–H groups in total. The van der Waals surface area contributed by atoms with Crippen molar-refractivity contribution < 1.29 is 8.42 Å². The van der Waals surface area contributed by atoms with Crippen LogP contribution in [0.2, 0.25) is 0 Å². The number of nitrogens with two attached hydrogens (primary N) is 1. The van der Waals surface area contributed by atoms with Crippen LogP contribution in [0.1, 0.15) is 35.3 Å². The highest BCUT2D eigenvalue weighted by molar-refractivity contribution is 7.91. The topological polar surface area (TPSA) is 85.1 Å². The molecule has 8 heteroatoms. The lowest BCUT2D eigenvalue weighted by Gasteiger charge is -2.10. The fourth-order valence-electron chi connectivity index (χ4n) is 1.63. The van der Waals surface area contributed by atoms with Crippen molar-refractivity contribution in [3.8, 4) is 0 Å². The number of rotatable bonds is 6. The molecule has 20 heavy (non-hydrogen) atoms. The Morgan fingerprint density at radius 1 is 1.50 bits per heavy atom. The van der Waals surface area contributed by atoms with Gasteiger partial charge in [0.1, 0.15) is 9.22 Å². The molecule has 0 bridgehead atoms. The number of sulfonamides is 1. The highest BCUT2D eigenvalue weighted by Gasteiger charge is 2.21. The van der Waals surface area contributed by atoms with E-state index in [0.717, 1.165) is 21.9 Å². The van der Waals surface area contributed by atoms with Gasteiger partial charge in [0.25, 0.3) is 10.0 Å². The van der Waals surface area contributed by atoms with Crippen molar-refractivity contribution in [1.29, 1.82) is 0 Å². The maximum Gasteiger partial charge on any atom is 0.250 e. The van der Waals surface area contributed by atoms with Crippen molar-refractivity contribution in [2.24, 2.45) is 5.73 Å². The first kappa shape index (κ1) is 15.6. The number of hydrogen-bond donors (Lipinski definition) is 2. The van der Waals surface area contributed by atoms with Gasteiger partial charge in [0.2, 0.25) is 0 Å². The molecule has 2 aromatic heterocycles. The number of thiophene rings is 1. The van der Waals surface area contributed by atoms with Gasteiger partial charge in [-0.3, -0.25) is 0 Å². The van der Waals surface area contributed by atoms with E-state index in [4.69, 9.17) is 5.73 Å². The van der Waals surface area contributed by atoms with Crippen molar-refractivity contribution in [3.05, 3.63) is 33.1 Å². The number of thiazole rings is 1. The van der Waals surface area contributed by atoms with Gasteiger partial charge in [-0.25, -0.2) is 18.1 Å². The average Bonchev–Trinajstić information content (AvgIpc) is 3.07. The van der Waals surface area contributed by atoms with Gasteiger partial charge in [-0.05, 0) is 30.4 Å². The van der Waals surface area contributed by atoms with Crippen LogP contribution in [0.15, 0.2) is 21.9 Å². The maximum atomic E-state index is 12.3. The minimum atomic E-state index is -3.51. The van der Waals surface area contributed by atoms with Gasteiger partial charge < -0.3 is 5.73 Å². The third-order valence-corrected chi connectivity index (χ3v) is 7.11. The minimum absolute atomic E-state index is 0.289. The first-order chi connectivity index (χ1) is 9.46. The van der Waals surface area contributed by atoms with E-state index in [0.29, 0.717) is 6.54 Å². The first-order valence-corrected chi connectivity index (χ1v) is 9.38. The molecule has 0 saturated heterocycles. The molecule has 0 fully saturated rings. The number of nitrogens with one attached hydrogen (secondary N) is 1. The zero-order chi connectivity index (χ0) is 14.8. The van der Waals surface area contributed by atoms with Gasteiger partial charge >= 0.3 is 0 Å². The van der Waals surface area contributed by atoms with Crippen LogP contribution in [0.25, 0.3) is 0 Å². The molecule has 0 aromatic carbocycles. The molecular weight excluding hydrogens is 314 g/mol. The Labute approximate surface area is 126 Å². The van der Waals surface area contributed by atoms with Crippen LogP contribution >= 0.6 is 22.7 Å². The Bertz CT molecular complexity index is 676. The van der Waals surface area contributed by atoms with Gasteiger partial charge in [0.15, 0.2) is 0 Å². The molecule has 2 aromatic rings. The summed E-state index contributed by atoms with van der Waals surface area (Å²) in [5.74, 6) is 0. The Morgan fingerprint density at radius 2 is 2.25 bits per heavy atom. The highest BCUT2D eigenvalue weighted by Crippen LogP contribution is 2.25. The summed E-state index contributed by atoms with van der Waals surface area (Å²) in [7, 11) is -3.51. The lowest BCUT2D eigenvalue weighted by Crippen LogP contribution is -2.26. The second-order valence-electron chi connectivity index (χ2n) is 4.34.